The molecule has 0 unspecified atom stereocenters. The van der Waals surface area contributed by atoms with Crippen LogP contribution in [0.3, 0.4) is 0 Å². The third-order valence-electron chi connectivity index (χ3n) is 10.7. The third kappa shape index (κ3) is 4.78. The van der Waals surface area contributed by atoms with Crippen LogP contribution >= 0.6 is 11.3 Å². The lowest BCUT2D eigenvalue weighted by Crippen LogP contribution is -2.10. The van der Waals surface area contributed by atoms with Gasteiger partial charge < -0.3 is 9.32 Å². The number of fused-ring (bicyclic) bond motifs is 9. The van der Waals surface area contributed by atoms with Crippen LogP contribution in [0.5, 0.6) is 0 Å². The average Bonchev–Trinajstić information content (AvgIpc) is 3.80. The molecule has 0 spiro atoms. The van der Waals surface area contributed by atoms with Crippen LogP contribution in [0, 0.1) is 0 Å². The number of thiophene rings is 1. The lowest BCUT2D eigenvalue weighted by Gasteiger charge is -2.26. The number of furan rings is 1. The molecule has 3 heteroatoms. The molecule has 0 amide bonds. The van der Waals surface area contributed by atoms with Crippen molar-refractivity contribution in [3.8, 4) is 22.3 Å². The summed E-state index contributed by atoms with van der Waals surface area (Å²) >= 11 is 1.85. The topological polar surface area (TPSA) is 16.4 Å². The summed E-state index contributed by atoms with van der Waals surface area (Å²) < 4.78 is 9.25. The fraction of sp³-hybridized carbons (Fsp3) is 0. The molecule has 11 aromatic rings. The minimum absolute atomic E-state index is 0.878. The summed E-state index contributed by atoms with van der Waals surface area (Å²) in [6.45, 7) is 0. The van der Waals surface area contributed by atoms with E-state index in [-0.39, 0.29) is 0 Å². The summed E-state index contributed by atoms with van der Waals surface area (Å²) in [6.07, 6.45) is 0. The second kappa shape index (κ2) is 11.9. The number of anilines is 3. The van der Waals surface area contributed by atoms with Crippen molar-refractivity contribution in [2.24, 2.45) is 0 Å². The maximum absolute atomic E-state index is 6.71. The van der Waals surface area contributed by atoms with E-state index in [2.05, 4.69) is 193 Å². The van der Waals surface area contributed by atoms with Gasteiger partial charge in [-0.05, 0) is 80.9 Å². The number of rotatable bonds is 5. The third-order valence-corrected chi connectivity index (χ3v) is 11.9. The summed E-state index contributed by atoms with van der Waals surface area (Å²) in [4.78, 5) is 2.39. The summed E-state index contributed by atoms with van der Waals surface area (Å²) in [7, 11) is 0. The van der Waals surface area contributed by atoms with Gasteiger partial charge in [-0.3, -0.25) is 0 Å². The Morgan fingerprint density at radius 1 is 0.415 bits per heavy atom. The maximum Gasteiger partial charge on any atom is 0.143 e. The van der Waals surface area contributed by atoms with Gasteiger partial charge >= 0.3 is 0 Å². The molecule has 0 aliphatic rings. The molecule has 11 rings (SSSR count). The van der Waals surface area contributed by atoms with E-state index in [1.54, 1.807) is 0 Å². The Morgan fingerprint density at radius 3 is 1.89 bits per heavy atom. The zero-order valence-corrected chi connectivity index (χ0v) is 29.5. The molecule has 9 aromatic carbocycles. The largest absolute Gasteiger partial charge is 0.455 e. The highest BCUT2D eigenvalue weighted by atomic mass is 32.1. The van der Waals surface area contributed by atoms with Gasteiger partial charge in [0.1, 0.15) is 11.2 Å². The van der Waals surface area contributed by atoms with Gasteiger partial charge in [0.25, 0.3) is 0 Å². The van der Waals surface area contributed by atoms with Gasteiger partial charge in [-0.15, -0.1) is 11.3 Å². The van der Waals surface area contributed by atoms with Crippen LogP contribution in [-0.4, -0.2) is 0 Å². The van der Waals surface area contributed by atoms with Crippen molar-refractivity contribution in [1.29, 1.82) is 0 Å². The van der Waals surface area contributed by atoms with E-state index in [4.69, 9.17) is 4.42 Å². The first-order chi connectivity index (χ1) is 26.3. The van der Waals surface area contributed by atoms with Crippen LogP contribution in [0.15, 0.2) is 192 Å². The summed E-state index contributed by atoms with van der Waals surface area (Å²) in [5, 5.41) is 9.63. The zero-order valence-electron chi connectivity index (χ0n) is 28.7. The first-order valence-corrected chi connectivity index (χ1v) is 18.8. The normalized spacial score (nSPS) is 11.8. The Kier molecular flexibility index (Phi) is 6.76. The van der Waals surface area contributed by atoms with Gasteiger partial charge in [-0.25, -0.2) is 0 Å². The van der Waals surface area contributed by atoms with Crippen LogP contribution in [0.2, 0.25) is 0 Å². The molecule has 2 aromatic heterocycles. The molecular weight excluding hydrogens is 663 g/mol. The van der Waals surface area contributed by atoms with Crippen molar-refractivity contribution < 1.29 is 4.42 Å². The van der Waals surface area contributed by atoms with Gasteiger partial charge in [-0.1, -0.05) is 140 Å². The van der Waals surface area contributed by atoms with Crippen molar-refractivity contribution in [3.63, 3.8) is 0 Å². The second-order valence-corrected chi connectivity index (χ2v) is 14.7. The molecule has 0 bridgehead atoms. The molecule has 0 radical (unpaired) electrons. The molecule has 2 heterocycles. The first kappa shape index (κ1) is 30.0. The lowest BCUT2D eigenvalue weighted by atomic mass is 9.91. The predicted octanol–water partition coefficient (Wildman–Crippen LogP) is 15.1. The van der Waals surface area contributed by atoms with Crippen LogP contribution in [0.4, 0.5) is 17.1 Å². The monoisotopic (exact) mass is 693 g/mol. The molecule has 0 saturated carbocycles. The minimum atomic E-state index is 0.878. The highest BCUT2D eigenvalue weighted by molar-refractivity contribution is 7.26. The molecular formula is C50H31NOS. The maximum atomic E-state index is 6.71. The van der Waals surface area contributed by atoms with Crippen molar-refractivity contribution in [2.45, 2.75) is 0 Å². The first-order valence-electron chi connectivity index (χ1n) is 18.0. The van der Waals surface area contributed by atoms with Crippen molar-refractivity contribution in [2.75, 3.05) is 4.90 Å². The second-order valence-electron chi connectivity index (χ2n) is 13.7. The Morgan fingerprint density at radius 2 is 1.06 bits per heavy atom. The van der Waals surface area contributed by atoms with E-state index in [1.807, 2.05) is 11.3 Å². The quantitative estimate of drug-likeness (QED) is 0.178. The summed E-state index contributed by atoms with van der Waals surface area (Å²) in [5.41, 5.74) is 9.97. The van der Waals surface area contributed by atoms with E-state index in [9.17, 15) is 0 Å². The molecule has 0 aliphatic heterocycles. The highest BCUT2D eigenvalue weighted by Gasteiger charge is 2.20. The Labute approximate surface area is 310 Å². The molecule has 0 saturated heterocycles. The highest BCUT2D eigenvalue weighted by Crippen LogP contribution is 2.46. The predicted molar refractivity (Wildman–Crippen MR) is 227 cm³/mol. The van der Waals surface area contributed by atoms with Crippen molar-refractivity contribution in [1.82, 2.24) is 0 Å². The number of nitrogens with zero attached hydrogens (tertiary/aromatic N) is 1. The van der Waals surface area contributed by atoms with Gasteiger partial charge in [-0.2, -0.15) is 0 Å². The minimum Gasteiger partial charge on any atom is -0.455 e. The van der Waals surface area contributed by atoms with Crippen molar-refractivity contribution >= 4 is 92.1 Å². The molecule has 2 nitrogen and oxygen atoms in total. The summed E-state index contributed by atoms with van der Waals surface area (Å²) in [6, 6.07) is 67.9. The Bertz CT molecular complexity index is 3170. The molecule has 53 heavy (non-hydrogen) atoms. The zero-order chi connectivity index (χ0) is 34.9. The number of benzene rings is 9. The Balaban J connectivity index is 1.11. The molecule has 0 fully saturated rings. The van der Waals surface area contributed by atoms with Gasteiger partial charge in [0.05, 0.1) is 10.4 Å². The molecule has 0 atom stereocenters. The van der Waals surface area contributed by atoms with E-state index >= 15 is 0 Å². The van der Waals surface area contributed by atoms with Crippen LogP contribution < -0.4 is 4.90 Å². The fourth-order valence-corrected chi connectivity index (χ4v) is 9.40. The molecule has 248 valence electrons. The average molecular weight is 694 g/mol. The van der Waals surface area contributed by atoms with Crippen LogP contribution in [-0.2, 0) is 0 Å². The fourth-order valence-electron chi connectivity index (χ4n) is 8.20. The number of hydrogen-bond acceptors (Lipinski definition) is 3. The summed E-state index contributed by atoms with van der Waals surface area (Å²) in [5.74, 6) is 0. The van der Waals surface area contributed by atoms with E-state index < -0.39 is 0 Å². The lowest BCUT2D eigenvalue weighted by molar-refractivity contribution is 0.673. The van der Waals surface area contributed by atoms with Crippen LogP contribution in [0.25, 0.3) is 85.9 Å². The van der Waals surface area contributed by atoms with E-state index in [1.165, 1.54) is 58.6 Å². The van der Waals surface area contributed by atoms with Gasteiger partial charge in [0.15, 0.2) is 0 Å². The SMILES string of the molecule is c1ccc(-c2cccc3cccc(-c4ccc(N(c5ccc6c(c5)oc5c7ccccc7ccc65)c5cccc6c5sc5ccccc56)cc4)c23)cc1. The van der Waals surface area contributed by atoms with Crippen LogP contribution in [0.1, 0.15) is 0 Å². The van der Waals surface area contributed by atoms with Gasteiger partial charge in [0, 0.05) is 49.1 Å². The van der Waals surface area contributed by atoms with Crippen molar-refractivity contribution in [3.05, 3.63) is 188 Å². The van der Waals surface area contributed by atoms with E-state index in [0.717, 1.165) is 44.4 Å². The molecule has 0 aliphatic carbocycles. The number of hydrogen-bond donors (Lipinski definition) is 0. The Hall–Kier alpha value is -6.68. The standard InChI is InChI=1S/C50H31NOS/c1-2-11-32(12-3-1)38-18-8-14-35-15-9-19-39(48(35)38)34-23-26-36(27-24-34)51(45-21-10-20-44-42-17-6-7-22-47(42)53-50(44)45)37-28-30-41-43-29-25-33-13-4-5-16-40(33)49(43)52-46(41)31-37/h1-31H. The van der Waals surface area contributed by atoms with Gasteiger partial charge in [0.2, 0.25) is 0 Å². The molecule has 0 N–H and O–H groups in total. The van der Waals surface area contributed by atoms with E-state index in [0.29, 0.717) is 0 Å². The smallest absolute Gasteiger partial charge is 0.143 e.